The topological polar surface area (TPSA) is 52.6 Å². The molecule has 1 aromatic carbocycles. The summed E-state index contributed by atoms with van der Waals surface area (Å²) >= 11 is 0. The largest absolute Gasteiger partial charge is 0.523 e. The van der Waals surface area contributed by atoms with Crippen LogP contribution in [0.25, 0.3) is 0 Å². The van der Waals surface area contributed by atoms with Crippen molar-refractivity contribution in [3.05, 3.63) is 35.4 Å². The van der Waals surface area contributed by atoms with Gasteiger partial charge in [0.1, 0.15) is 0 Å². The van der Waals surface area contributed by atoms with Crippen LogP contribution in [0.3, 0.4) is 0 Å². The van der Waals surface area contributed by atoms with Crippen molar-refractivity contribution in [2.75, 3.05) is 24.3 Å². The van der Waals surface area contributed by atoms with Crippen LogP contribution >= 0.6 is 10.3 Å². The number of rotatable bonds is 5. The Bertz CT molecular complexity index is 818. The monoisotopic (exact) mass is 484 g/mol. The predicted molar refractivity (Wildman–Crippen MR) is 102 cm³/mol. The van der Waals surface area contributed by atoms with Crippen molar-refractivity contribution < 1.29 is 43.1 Å². The first-order valence-electron chi connectivity index (χ1n) is 8.52. The SMILES string of the molecule is C[Si](C)(C)CS1(OS(=O)(=O)C(F)(F)F)CCOCC1c1ccc(C(F)(F)F)cc1. The summed E-state index contributed by atoms with van der Waals surface area (Å²) < 4.78 is 112. The van der Waals surface area contributed by atoms with E-state index < -0.39 is 51.0 Å². The molecule has 0 aromatic heterocycles. The van der Waals surface area contributed by atoms with E-state index in [1.165, 1.54) is 0 Å². The van der Waals surface area contributed by atoms with Gasteiger partial charge in [-0.15, -0.1) is 10.3 Å². The minimum atomic E-state index is -5.88. The van der Waals surface area contributed by atoms with Gasteiger partial charge in [0.15, 0.2) is 0 Å². The van der Waals surface area contributed by atoms with Gasteiger partial charge in [0.2, 0.25) is 0 Å². The van der Waals surface area contributed by atoms with Crippen LogP contribution < -0.4 is 0 Å². The van der Waals surface area contributed by atoms with Crippen LogP contribution in [0.4, 0.5) is 26.3 Å². The van der Waals surface area contributed by atoms with Gasteiger partial charge < -0.3 is 4.74 Å². The van der Waals surface area contributed by atoms with E-state index in [2.05, 4.69) is 0 Å². The zero-order valence-electron chi connectivity index (χ0n) is 15.9. The Morgan fingerprint density at radius 3 is 2.10 bits per heavy atom. The minimum absolute atomic E-state index is 0.0182. The first-order chi connectivity index (χ1) is 13.0. The summed E-state index contributed by atoms with van der Waals surface area (Å²) in [4.78, 5) is 0. The molecule has 1 aliphatic heterocycles. The van der Waals surface area contributed by atoms with Gasteiger partial charge in [-0.05, 0) is 23.1 Å². The van der Waals surface area contributed by atoms with Gasteiger partial charge in [-0.2, -0.15) is 34.8 Å². The Morgan fingerprint density at radius 2 is 1.66 bits per heavy atom. The quantitative estimate of drug-likeness (QED) is 0.326. The summed E-state index contributed by atoms with van der Waals surface area (Å²) in [7, 11) is -10.9. The average molecular weight is 485 g/mol. The van der Waals surface area contributed by atoms with Gasteiger partial charge in [0.25, 0.3) is 0 Å². The Kier molecular flexibility index (Phi) is 6.81. The molecular weight excluding hydrogens is 462 g/mol. The van der Waals surface area contributed by atoms with Crippen LogP contribution in [-0.2, 0) is 24.7 Å². The number of halogens is 6. The van der Waals surface area contributed by atoms with Crippen molar-refractivity contribution in [2.45, 2.75) is 36.6 Å². The van der Waals surface area contributed by atoms with E-state index >= 15 is 0 Å². The predicted octanol–water partition coefficient (Wildman–Crippen LogP) is 5.24. The molecule has 2 rings (SSSR count). The first-order valence-corrected chi connectivity index (χ1v) is 15.6. The van der Waals surface area contributed by atoms with Crippen molar-refractivity contribution in [3.8, 4) is 0 Å². The normalized spacial score (nSPS) is 26.7. The second-order valence-electron chi connectivity index (χ2n) is 7.93. The fourth-order valence-electron chi connectivity index (χ4n) is 3.12. The molecule has 1 fully saturated rings. The number of ether oxygens (including phenoxy) is 1. The van der Waals surface area contributed by atoms with E-state index in [-0.39, 0.29) is 29.9 Å². The smallest absolute Gasteiger partial charge is 0.379 e. The lowest BCUT2D eigenvalue weighted by Crippen LogP contribution is -2.42. The lowest BCUT2D eigenvalue weighted by Gasteiger charge is -2.50. The lowest BCUT2D eigenvalue weighted by molar-refractivity contribution is -0.137. The van der Waals surface area contributed by atoms with Crippen molar-refractivity contribution in [3.63, 3.8) is 0 Å². The number of hydrogen-bond donors (Lipinski definition) is 0. The molecule has 29 heavy (non-hydrogen) atoms. The highest BCUT2D eigenvalue weighted by molar-refractivity contribution is 8.34. The standard InChI is InChI=1S/C16H22F6O4S2Si/c1-29(2,3)11-27(26-28(23,24)16(20,21)22)9-8-25-10-14(27)12-4-6-13(7-5-12)15(17,18)19/h4-7,14H,8-11H2,1-3H3. The molecule has 0 amide bonds. The van der Waals surface area contributed by atoms with Gasteiger partial charge in [-0.1, -0.05) is 31.8 Å². The van der Waals surface area contributed by atoms with Gasteiger partial charge in [0.05, 0.1) is 32.1 Å². The van der Waals surface area contributed by atoms with Gasteiger partial charge in [-0.25, -0.2) is 3.63 Å². The maximum atomic E-state index is 13.1. The lowest BCUT2D eigenvalue weighted by atomic mass is 10.1. The molecule has 1 aliphatic rings. The van der Waals surface area contributed by atoms with E-state index in [1.807, 2.05) is 19.6 Å². The third kappa shape index (κ3) is 5.90. The molecule has 1 saturated heterocycles. The Labute approximate surface area is 168 Å². The van der Waals surface area contributed by atoms with E-state index in [9.17, 15) is 34.8 Å². The zero-order valence-corrected chi connectivity index (χ0v) is 18.6. The first kappa shape index (κ1) is 24.5. The summed E-state index contributed by atoms with van der Waals surface area (Å²) in [5.74, 6) is -0.0434. The van der Waals surface area contributed by atoms with E-state index in [1.54, 1.807) is 0 Å². The van der Waals surface area contributed by atoms with Crippen LogP contribution in [0, 0.1) is 0 Å². The molecule has 2 atom stereocenters. The molecule has 0 aliphatic carbocycles. The van der Waals surface area contributed by atoms with Crippen LogP contribution in [0.1, 0.15) is 16.4 Å². The summed E-state index contributed by atoms with van der Waals surface area (Å²) in [6.45, 7) is 5.49. The molecule has 13 heteroatoms. The van der Waals surface area contributed by atoms with Crippen LogP contribution in [0.5, 0.6) is 0 Å². The molecule has 1 aromatic rings. The van der Waals surface area contributed by atoms with Gasteiger partial charge >= 0.3 is 21.8 Å². The Morgan fingerprint density at radius 1 is 1.10 bits per heavy atom. The number of benzene rings is 1. The molecule has 0 saturated carbocycles. The van der Waals surface area contributed by atoms with Crippen LogP contribution in [0.2, 0.25) is 19.6 Å². The maximum Gasteiger partial charge on any atom is 0.523 e. The molecule has 0 spiro atoms. The van der Waals surface area contributed by atoms with E-state index in [0.717, 1.165) is 24.3 Å². The Hall–Kier alpha value is -0.763. The average Bonchev–Trinajstić information content (AvgIpc) is 2.51. The van der Waals surface area contributed by atoms with Crippen LogP contribution in [0.15, 0.2) is 24.3 Å². The fraction of sp³-hybridized carbons (Fsp3) is 0.625. The van der Waals surface area contributed by atoms with Gasteiger partial charge in [0, 0.05) is 5.75 Å². The molecule has 4 nitrogen and oxygen atoms in total. The summed E-state index contributed by atoms with van der Waals surface area (Å²) in [6, 6.07) is 3.94. The molecule has 2 unspecified atom stereocenters. The second kappa shape index (κ2) is 8.06. The van der Waals surface area contributed by atoms with Crippen molar-refractivity contribution in [1.29, 1.82) is 0 Å². The third-order valence-electron chi connectivity index (χ3n) is 4.16. The summed E-state index contributed by atoms with van der Waals surface area (Å²) in [6.07, 6.45) is -4.57. The van der Waals surface area contributed by atoms with Crippen LogP contribution in [-0.4, -0.2) is 46.3 Å². The third-order valence-corrected chi connectivity index (χ3v) is 14.2. The van der Waals surface area contributed by atoms with Crippen molar-refractivity contribution >= 4 is 28.5 Å². The molecule has 0 bridgehead atoms. The molecule has 0 N–H and O–H groups in total. The van der Waals surface area contributed by atoms with E-state index in [4.69, 9.17) is 8.37 Å². The van der Waals surface area contributed by atoms with E-state index in [0.29, 0.717) is 0 Å². The molecular formula is C16H22F6O4S2Si. The van der Waals surface area contributed by atoms with Crippen molar-refractivity contribution in [1.82, 2.24) is 0 Å². The number of alkyl halides is 6. The second-order valence-corrected chi connectivity index (χ2v) is 18.8. The highest BCUT2D eigenvalue weighted by Crippen LogP contribution is 2.65. The van der Waals surface area contributed by atoms with Crippen molar-refractivity contribution in [2.24, 2.45) is 0 Å². The maximum absolute atomic E-state index is 13.1. The Balaban J connectivity index is 2.54. The minimum Gasteiger partial charge on any atom is -0.379 e. The highest BCUT2D eigenvalue weighted by atomic mass is 32.3. The summed E-state index contributed by atoms with van der Waals surface area (Å²) in [5.41, 5.74) is -6.23. The zero-order chi connectivity index (χ0) is 22.3. The summed E-state index contributed by atoms with van der Waals surface area (Å²) in [5, 5.41) is -0.743. The molecule has 0 radical (unpaired) electrons. The molecule has 168 valence electrons. The number of hydrogen-bond acceptors (Lipinski definition) is 4. The fourth-order valence-corrected chi connectivity index (χ4v) is 15.1. The highest BCUT2D eigenvalue weighted by Gasteiger charge is 2.54. The van der Waals surface area contributed by atoms with Gasteiger partial charge in [-0.3, -0.25) is 0 Å². The molecule has 1 heterocycles.